The van der Waals surface area contributed by atoms with E-state index in [0.717, 1.165) is 49.7 Å². The van der Waals surface area contributed by atoms with E-state index in [9.17, 15) is 19.8 Å². The fraction of sp³-hybridized carbons (Fsp3) is 0.692. The smallest absolute Gasteiger partial charge is 0.315 e. The maximum Gasteiger partial charge on any atom is 0.315 e. The predicted molar refractivity (Wildman–Crippen MR) is 132 cm³/mol. The van der Waals surface area contributed by atoms with Crippen molar-refractivity contribution in [3.05, 3.63) is 35.4 Å². The standard InChI is InChI=1S/C26H42N4O4/c1-25(2,29-23(33)27-19-12-5-7-14-21(19)31)17-10-9-11-18(16-17)26(3,4)30-24(34)28-20-13-6-8-15-22(20)32/h9-11,16,19-22,31-32H,5-8,12-15H2,1-4H3,(H2,27,29,33)(H2,28,30,34)/t19-,20-,21-,22+/m1/s1. The van der Waals surface area contributed by atoms with Crippen LogP contribution in [0, 0.1) is 0 Å². The number of rotatable bonds is 6. The van der Waals surface area contributed by atoms with Crippen molar-refractivity contribution in [2.45, 2.75) is 114 Å². The van der Waals surface area contributed by atoms with Crippen LogP contribution in [0.1, 0.15) is 90.2 Å². The van der Waals surface area contributed by atoms with Crippen LogP contribution >= 0.6 is 0 Å². The summed E-state index contributed by atoms with van der Waals surface area (Å²) in [5, 5.41) is 32.2. The highest BCUT2D eigenvalue weighted by molar-refractivity contribution is 5.76. The Kier molecular flexibility index (Phi) is 8.47. The molecule has 3 rings (SSSR count). The van der Waals surface area contributed by atoms with E-state index in [1.165, 1.54) is 0 Å². The monoisotopic (exact) mass is 474 g/mol. The number of aliphatic hydroxyl groups is 2. The molecule has 34 heavy (non-hydrogen) atoms. The number of urea groups is 2. The normalized spacial score (nSPS) is 25.8. The molecule has 0 aliphatic heterocycles. The van der Waals surface area contributed by atoms with Gasteiger partial charge in [0, 0.05) is 0 Å². The van der Waals surface area contributed by atoms with Gasteiger partial charge in [0.1, 0.15) is 0 Å². The summed E-state index contributed by atoms with van der Waals surface area (Å²) in [5.41, 5.74) is 0.485. The molecular weight excluding hydrogens is 432 g/mol. The van der Waals surface area contributed by atoms with Crippen molar-refractivity contribution in [3.8, 4) is 0 Å². The summed E-state index contributed by atoms with van der Waals surface area (Å²) >= 11 is 0. The van der Waals surface area contributed by atoms with Gasteiger partial charge in [-0.15, -0.1) is 0 Å². The molecule has 0 bridgehead atoms. The third kappa shape index (κ3) is 6.85. The molecule has 6 N–H and O–H groups in total. The summed E-state index contributed by atoms with van der Waals surface area (Å²) in [5.74, 6) is 0. The molecule has 1 aromatic carbocycles. The van der Waals surface area contributed by atoms with E-state index in [-0.39, 0.29) is 24.1 Å². The van der Waals surface area contributed by atoms with Gasteiger partial charge in [-0.05, 0) is 64.5 Å². The van der Waals surface area contributed by atoms with Crippen molar-refractivity contribution in [3.63, 3.8) is 0 Å². The zero-order valence-corrected chi connectivity index (χ0v) is 21.0. The molecule has 8 nitrogen and oxygen atoms in total. The molecule has 4 amide bonds. The zero-order valence-electron chi connectivity index (χ0n) is 21.0. The molecule has 0 saturated heterocycles. The first-order chi connectivity index (χ1) is 16.0. The van der Waals surface area contributed by atoms with Crippen LogP contribution in [-0.2, 0) is 11.1 Å². The SMILES string of the molecule is CC(C)(NC(=O)N[C@@H]1CCCC[C@H]1O)c1cccc(C(C)(C)NC(=O)N[C@@H]2CCCC[C@@H]2O)c1. The first kappa shape index (κ1) is 26.3. The van der Waals surface area contributed by atoms with Crippen LogP contribution in [0.15, 0.2) is 24.3 Å². The van der Waals surface area contributed by atoms with Gasteiger partial charge in [-0.1, -0.05) is 49.9 Å². The second-order valence-electron chi connectivity index (χ2n) is 10.9. The minimum absolute atomic E-state index is 0.222. The maximum atomic E-state index is 12.7. The minimum atomic E-state index is -0.662. The van der Waals surface area contributed by atoms with E-state index in [1.807, 2.05) is 52.0 Å². The minimum Gasteiger partial charge on any atom is -0.391 e. The van der Waals surface area contributed by atoms with Crippen molar-refractivity contribution in [2.75, 3.05) is 0 Å². The number of benzene rings is 1. The first-order valence-electron chi connectivity index (χ1n) is 12.6. The Morgan fingerprint density at radius 3 is 1.50 bits per heavy atom. The second-order valence-corrected chi connectivity index (χ2v) is 10.9. The van der Waals surface area contributed by atoms with Crippen LogP contribution in [-0.4, -0.2) is 46.6 Å². The number of nitrogens with one attached hydrogen (secondary N) is 4. The Morgan fingerprint density at radius 2 is 1.12 bits per heavy atom. The van der Waals surface area contributed by atoms with E-state index >= 15 is 0 Å². The van der Waals surface area contributed by atoms with Gasteiger partial charge in [0.05, 0.1) is 35.4 Å². The van der Waals surface area contributed by atoms with Crippen LogP contribution in [0.4, 0.5) is 9.59 Å². The highest BCUT2D eigenvalue weighted by atomic mass is 16.3. The molecule has 2 fully saturated rings. The molecule has 2 saturated carbocycles. The number of carbonyl (C=O) groups is 2. The van der Waals surface area contributed by atoms with Gasteiger partial charge >= 0.3 is 12.1 Å². The van der Waals surface area contributed by atoms with Gasteiger partial charge in [0.15, 0.2) is 0 Å². The number of aliphatic hydroxyl groups excluding tert-OH is 2. The number of hydrogen-bond acceptors (Lipinski definition) is 4. The molecule has 1 aromatic rings. The van der Waals surface area contributed by atoms with E-state index in [0.29, 0.717) is 12.8 Å². The molecule has 4 atom stereocenters. The lowest BCUT2D eigenvalue weighted by molar-refractivity contribution is 0.0935. The van der Waals surface area contributed by atoms with Crippen LogP contribution in [0.2, 0.25) is 0 Å². The van der Waals surface area contributed by atoms with E-state index < -0.39 is 23.3 Å². The average molecular weight is 475 g/mol. The summed E-state index contributed by atoms with van der Waals surface area (Å²) in [4.78, 5) is 25.3. The van der Waals surface area contributed by atoms with Crippen LogP contribution in [0.25, 0.3) is 0 Å². The van der Waals surface area contributed by atoms with Gasteiger partial charge in [-0.25, -0.2) is 9.59 Å². The fourth-order valence-corrected chi connectivity index (χ4v) is 4.98. The average Bonchev–Trinajstić information content (AvgIpc) is 2.76. The van der Waals surface area contributed by atoms with Crippen LogP contribution < -0.4 is 21.3 Å². The molecule has 2 aliphatic carbocycles. The largest absolute Gasteiger partial charge is 0.391 e. The lowest BCUT2D eigenvalue weighted by Crippen LogP contribution is -2.53. The van der Waals surface area contributed by atoms with Crippen molar-refractivity contribution in [2.24, 2.45) is 0 Å². The van der Waals surface area contributed by atoms with Gasteiger partial charge in [-0.2, -0.15) is 0 Å². The molecular formula is C26H42N4O4. The topological polar surface area (TPSA) is 123 Å². The predicted octanol–water partition coefficient (Wildman–Crippen LogP) is 3.36. The lowest BCUT2D eigenvalue weighted by atomic mass is 9.87. The molecule has 0 unspecified atom stereocenters. The van der Waals surface area contributed by atoms with Crippen molar-refractivity contribution in [1.82, 2.24) is 21.3 Å². The maximum absolute atomic E-state index is 12.7. The molecule has 190 valence electrons. The van der Waals surface area contributed by atoms with E-state index in [4.69, 9.17) is 0 Å². The lowest BCUT2D eigenvalue weighted by Gasteiger charge is -2.34. The molecule has 8 heteroatoms. The van der Waals surface area contributed by atoms with Crippen LogP contribution in [0.3, 0.4) is 0 Å². The molecule has 0 heterocycles. The number of amides is 4. The van der Waals surface area contributed by atoms with E-state index in [1.54, 1.807) is 0 Å². The Bertz CT molecular complexity index is 792. The second kappa shape index (κ2) is 11.0. The van der Waals surface area contributed by atoms with Gasteiger partial charge in [0.2, 0.25) is 0 Å². The molecule has 0 aromatic heterocycles. The number of hydrogen-bond donors (Lipinski definition) is 6. The van der Waals surface area contributed by atoms with E-state index in [2.05, 4.69) is 21.3 Å². The van der Waals surface area contributed by atoms with Crippen LogP contribution in [0.5, 0.6) is 0 Å². The molecule has 2 aliphatic rings. The molecule has 0 spiro atoms. The first-order valence-corrected chi connectivity index (χ1v) is 12.6. The third-order valence-electron chi connectivity index (χ3n) is 7.25. The summed E-state index contributed by atoms with van der Waals surface area (Å²) in [6.07, 6.45) is 5.97. The Balaban J connectivity index is 1.63. The Labute approximate surface area is 203 Å². The highest BCUT2D eigenvalue weighted by Crippen LogP contribution is 2.27. The van der Waals surface area contributed by atoms with Gasteiger partial charge in [-0.3, -0.25) is 0 Å². The Morgan fingerprint density at radius 1 is 0.735 bits per heavy atom. The third-order valence-corrected chi connectivity index (χ3v) is 7.25. The number of carbonyl (C=O) groups excluding carboxylic acids is 2. The van der Waals surface area contributed by atoms with Crippen molar-refractivity contribution >= 4 is 12.1 Å². The van der Waals surface area contributed by atoms with Gasteiger partial charge in [0.25, 0.3) is 0 Å². The van der Waals surface area contributed by atoms with Gasteiger partial charge < -0.3 is 31.5 Å². The van der Waals surface area contributed by atoms with Crippen molar-refractivity contribution < 1.29 is 19.8 Å². The summed E-state index contributed by atoms with van der Waals surface area (Å²) in [6.45, 7) is 7.72. The summed E-state index contributed by atoms with van der Waals surface area (Å²) in [7, 11) is 0. The Hall–Kier alpha value is -2.32. The molecule has 0 radical (unpaired) electrons. The van der Waals surface area contributed by atoms with Crippen molar-refractivity contribution in [1.29, 1.82) is 0 Å². The quantitative estimate of drug-likeness (QED) is 0.378. The summed E-state index contributed by atoms with van der Waals surface area (Å²) < 4.78 is 0. The highest BCUT2D eigenvalue weighted by Gasteiger charge is 2.31. The zero-order chi connectivity index (χ0) is 24.9. The fourth-order valence-electron chi connectivity index (χ4n) is 4.98. The summed E-state index contributed by atoms with van der Waals surface area (Å²) in [6, 6.07) is 6.77.